The summed E-state index contributed by atoms with van der Waals surface area (Å²) in [5.74, 6) is 1.06. The number of fused-ring (bicyclic) bond motifs is 1. The zero-order valence-electron chi connectivity index (χ0n) is 12.9. The van der Waals surface area contributed by atoms with Crippen molar-refractivity contribution < 1.29 is 14.3 Å². The van der Waals surface area contributed by atoms with Crippen molar-refractivity contribution in [3.8, 4) is 11.5 Å². The van der Waals surface area contributed by atoms with Gasteiger partial charge in [-0.05, 0) is 24.3 Å². The molecule has 0 fully saturated rings. The molecule has 0 saturated carbocycles. The molecular weight excluding hydrogens is 292 g/mol. The fourth-order valence-corrected chi connectivity index (χ4v) is 2.51. The van der Waals surface area contributed by atoms with Crippen molar-refractivity contribution >= 4 is 22.5 Å². The number of carbonyl (C=O) groups is 1. The van der Waals surface area contributed by atoms with Gasteiger partial charge in [-0.15, -0.1) is 0 Å². The zero-order valence-corrected chi connectivity index (χ0v) is 12.9. The second-order valence-corrected chi connectivity index (χ2v) is 4.98. The lowest BCUT2D eigenvalue weighted by atomic mass is 10.0. The zero-order chi connectivity index (χ0) is 16.4. The van der Waals surface area contributed by atoms with Crippen LogP contribution in [0.1, 0.15) is 15.9 Å². The largest absolute Gasteiger partial charge is 0.496 e. The van der Waals surface area contributed by atoms with Gasteiger partial charge in [0.1, 0.15) is 22.8 Å². The lowest BCUT2D eigenvalue weighted by Gasteiger charge is -2.11. The molecule has 1 heterocycles. The summed E-state index contributed by atoms with van der Waals surface area (Å²) in [7, 11) is 3.10. The van der Waals surface area contributed by atoms with Gasteiger partial charge in [-0.1, -0.05) is 24.3 Å². The third-order valence-corrected chi connectivity index (χ3v) is 3.65. The third kappa shape index (κ3) is 2.57. The number of rotatable bonds is 4. The van der Waals surface area contributed by atoms with Gasteiger partial charge in [0.15, 0.2) is 5.78 Å². The highest BCUT2D eigenvalue weighted by Gasteiger charge is 2.18. The molecule has 1 aromatic heterocycles. The number of nitrogens with two attached hydrogens (primary N) is 1. The smallest absolute Gasteiger partial charge is 0.200 e. The van der Waals surface area contributed by atoms with Gasteiger partial charge in [0, 0.05) is 5.39 Å². The molecule has 5 heteroatoms. The Morgan fingerprint density at radius 3 is 2.39 bits per heavy atom. The molecule has 0 spiro atoms. The molecule has 0 amide bonds. The van der Waals surface area contributed by atoms with Crippen molar-refractivity contribution in [1.82, 2.24) is 4.98 Å². The van der Waals surface area contributed by atoms with E-state index in [4.69, 9.17) is 15.2 Å². The number of nitrogen functional groups attached to an aromatic ring is 1. The summed E-state index contributed by atoms with van der Waals surface area (Å²) in [5.41, 5.74) is 7.43. The number of ether oxygens (including phenoxy) is 2. The van der Waals surface area contributed by atoms with Crippen molar-refractivity contribution in [2.24, 2.45) is 0 Å². The van der Waals surface area contributed by atoms with Gasteiger partial charge in [0.25, 0.3) is 0 Å². The SMILES string of the molecule is COc1ccccc1C(=O)c1cc2cccc(OC)c2nc1N. The van der Waals surface area contributed by atoms with E-state index in [1.54, 1.807) is 37.4 Å². The van der Waals surface area contributed by atoms with E-state index in [1.165, 1.54) is 7.11 Å². The van der Waals surface area contributed by atoms with Crippen LogP contribution in [0.15, 0.2) is 48.5 Å². The number of benzene rings is 2. The Morgan fingerprint density at radius 1 is 0.957 bits per heavy atom. The topological polar surface area (TPSA) is 74.4 Å². The fourth-order valence-electron chi connectivity index (χ4n) is 2.51. The van der Waals surface area contributed by atoms with Crippen molar-refractivity contribution in [2.45, 2.75) is 0 Å². The van der Waals surface area contributed by atoms with Crippen LogP contribution in [0.2, 0.25) is 0 Å². The Labute approximate surface area is 133 Å². The minimum atomic E-state index is -0.225. The average Bonchev–Trinajstić information content (AvgIpc) is 2.60. The number of anilines is 1. The first kappa shape index (κ1) is 14.8. The molecule has 3 rings (SSSR count). The highest BCUT2D eigenvalue weighted by Crippen LogP contribution is 2.29. The second-order valence-electron chi connectivity index (χ2n) is 4.98. The number of methoxy groups -OCH3 is 2. The molecule has 0 saturated heterocycles. The van der Waals surface area contributed by atoms with Gasteiger partial charge < -0.3 is 15.2 Å². The van der Waals surface area contributed by atoms with E-state index >= 15 is 0 Å². The predicted octanol–water partition coefficient (Wildman–Crippen LogP) is 3.07. The highest BCUT2D eigenvalue weighted by atomic mass is 16.5. The van der Waals surface area contributed by atoms with E-state index in [2.05, 4.69) is 4.98 Å². The van der Waals surface area contributed by atoms with Gasteiger partial charge >= 0.3 is 0 Å². The molecule has 2 aromatic carbocycles. The maximum absolute atomic E-state index is 12.8. The first-order valence-electron chi connectivity index (χ1n) is 7.06. The van der Waals surface area contributed by atoms with E-state index in [-0.39, 0.29) is 11.6 Å². The van der Waals surface area contributed by atoms with E-state index in [0.717, 1.165) is 5.39 Å². The van der Waals surface area contributed by atoms with Crippen LogP contribution >= 0.6 is 0 Å². The maximum Gasteiger partial charge on any atom is 0.200 e. The summed E-state index contributed by atoms with van der Waals surface area (Å²) in [6.07, 6.45) is 0. The van der Waals surface area contributed by atoms with Crippen LogP contribution in [0.4, 0.5) is 5.82 Å². The van der Waals surface area contributed by atoms with Crippen LogP contribution in [-0.2, 0) is 0 Å². The minimum absolute atomic E-state index is 0.165. The number of hydrogen-bond donors (Lipinski definition) is 1. The number of pyridine rings is 1. The summed E-state index contributed by atoms with van der Waals surface area (Å²) >= 11 is 0. The van der Waals surface area contributed by atoms with Crippen molar-refractivity contribution in [3.63, 3.8) is 0 Å². The number of ketones is 1. The number of carbonyl (C=O) groups excluding carboxylic acids is 1. The van der Waals surface area contributed by atoms with Gasteiger partial charge in [-0.2, -0.15) is 0 Å². The van der Waals surface area contributed by atoms with Crippen LogP contribution in [0.5, 0.6) is 11.5 Å². The molecule has 23 heavy (non-hydrogen) atoms. The van der Waals surface area contributed by atoms with Crippen LogP contribution in [0, 0.1) is 0 Å². The quantitative estimate of drug-likeness (QED) is 0.750. The summed E-state index contributed by atoms with van der Waals surface area (Å²) in [4.78, 5) is 17.2. The minimum Gasteiger partial charge on any atom is -0.496 e. The molecule has 0 aliphatic rings. The molecule has 0 aliphatic heterocycles. The Hall–Kier alpha value is -3.08. The molecule has 2 N–H and O–H groups in total. The molecular formula is C18H16N2O3. The average molecular weight is 308 g/mol. The molecule has 0 radical (unpaired) electrons. The summed E-state index contributed by atoms with van der Waals surface area (Å²) < 4.78 is 10.5. The van der Waals surface area contributed by atoms with Gasteiger partial charge in [-0.3, -0.25) is 4.79 Å². The van der Waals surface area contributed by atoms with Crippen molar-refractivity contribution in [1.29, 1.82) is 0 Å². The van der Waals surface area contributed by atoms with Gasteiger partial charge in [0.05, 0.1) is 25.3 Å². The third-order valence-electron chi connectivity index (χ3n) is 3.65. The molecule has 3 aromatic rings. The highest BCUT2D eigenvalue weighted by molar-refractivity contribution is 6.14. The Kier molecular flexibility index (Phi) is 3.85. The lowest BCUT2D eigenvalue weighted by Crippen LogP contribution is -2.09. The van der Waals surface area contributed by atoms with E-state index < -0.39 is 0 Å². The molecule has 0 aliphatic carbocycles. The summed E-state index contributed by atoms with van der Waals surface area (Å²) in [6.45, 7) is 0. The van der Waals surface area contributed by atoms with E-state index in [0.29, 0.717) is 28.1 Å². The van der Waals surface area contributed by atoms with Crippen LogP contribution in [-0.4, -0.2) is 25.0 Å². The molecule has 116 valence electrons. The fraction of sp³-hybridized carbons (Fsp3) is 0.111. The van der Waals surface area contributed by atoms with E-state index in [1.807, 2.05) is 18.2 Å². The first-order valence-corrected chi connectivity index (χ1v) is 7.06. The van der Waals surface area contributed by atoms with Crippen LogP contribution in [0.3, 0.4) is 0 Å². The summed E-state index contributed by atoms with van der Waals surface area (Å²) in [6, 6.07) is 14.3. The Bertz CT molecular complexity index is 891. The van der Waals surface area contributed by atoms with Crippen LogP contribution < -0.4 is 15.2 Å². The Balaban J connectivity index is 2.16. The number of aromatic nitrogens is 1. The standard InChI is InChI=1S/C18H16N2O3/c1-22-14-8-4-3-7-12(14)17(21)13-10-11-6-5-9-15(23-2)16(11)20-18(13)19/h3-10H,1-2H3,(H2,19,20). The molecule has 5 nitrogen and oxygen atoms in total. The monoisotopic (exact) mass is 308 g/mol. The van der Waals surface area contributed by atoms with Crippen molar-refractivity contribution in [3.05, 3.63) is 59.7 Å². The molecule has 0 unspecified atom stereocenters. The van der Waals surface area contributed by atoms with Crippen molar-refractivity contribution in [2.75, 3.05) is 20.0 Å². The number of para-hydroxylation sites is 2. The second kappa shape index (κ2) is 5.96. The lowest BCUT2D eigenvalue weighted by molar-refractivity contribution is 0.103. The predicted molar refractivity (Wildman–Crippen MR) is 89.1 cm³/mol. The molecule has 0 bridgehead atoms. The normalized spacial score (nSPS) is 10.5. The number of hydrogen-bond acceptors (Lipinski definition) is 5. The molecule has 0 atom stereocenters. The summed E-state index contributed by atoms with van der Waals surface area (Å²) in [5, 5.41) is 0.789. The Morgan fingerprint density at radius 2 is 1.65 bits per heavy atom. The van der Waals surface area contributed by atoms with Crippen LogP contribution in [0.25, 0.3) is 10.9 Å². The van der Waals surface area contributed by atoms with Gasteiger partial charge in [-0.25, -0.2) is 4.98 Å². The maximum atomic E-state index is 12.8. The first-order chi connectivity index (χ1) is 11.2. The van der Waals surface area contributed by atoms with E-state index in [9.17, 15) is 4.79 Å². The number of nitrogens with zero attached hydrogens (tertiary/aromatic N) is 1. The van der Waals surface area contributed by atoms with Gasteiger partial charge in [0.2, 0.25) is 0 Å².